The van der Waals surface area contributed by atoms with Gasteiger partial charge in [0.15, 0.2) is 0 Å². The van der Waals surface area contributed by atoms with Gasteiger partial charge in [-0.15, -0.1) is 0 Å². The van der Waals surface area contributed by atoms with E-state index in [1.54, 1.807) is 4.90 Å². The maximum atomic E-state index is 10.9. The first-order valence-electron chi connectivity index (χ1n) is 10.3. The minimum Gasteiger partial charge on any atom is -0.354 e. The fraction of sp³-hybridized carbons (Fsp3) is 0.409. The molecule has 2 fully saturated rings. The van der Waals surface area contributed by atoms with Crippen LogP contribution in [0.5, 0.6) is 0 Å². The molecule has 0 saturated carbocycles. The topological polar surface area (TPSA) is 55.8 Å². The van der Waals surface area contributed by atoms with Crippen LogP contribution < -0.4 is 9.80 Å². The van der Waals surface area contributed by atoms with Crippen LogP contribution in [-0.2, 0) is 4.79 Å². The fourth-order valence-electron chi connectivity index (χ4n) is 3.76. The van der Waals surface area contributed by atoms with Crippen molar-refractivity contribution in [3.05, 3.63) is 54.2 Å². The van der Waals surface area contributed by atoms with Gasteiger partial charge < -0.3 is 14.7 Å². The SMILES string of the molecule is O=CN1CCN(c2nccc(N3CCN(C/C=C/c4ccccc4)CC3)n2)CC1. The van der Waals surface area contributed by atoms with Gasteiger partial charge in [0, 0.05) is 65.1 Å². The van der Waals surface area contributed by atoms with Crippen molar-refractivity contribution in [1.29, 1.82) is 0 Å². The molecule has 3 heterocycles. The highest BCUT2D eigenvalue weighted by molar-refractivity contribution is 5.50. The van der Waals surface area contributed by atoms with Crippen LogP contribution >= 0.6 is 0 Å². The molecule has 1 aromatic carbocycles. The van der Waals surface area contributed by atoms with Crippen molar-refractivity contribution in [1.82, 2.24) is 19.8 Å². The number of carbonyl (C=O) groups excluding carboxylic acids is 1. The lowest BCUT2D eigenvalue weighted by molar-refractivity contribution is -0.118. The number of aromatic nitrogens is 2. The van der Waals surface area contributed by atoms with Gasteiger partial charge in [0.05, 0.1) is 0 Å². The van der Waals surface area contributed by atoms with Crippen LogP contribution in [-0.4, -0.2) is 85.1 Å². The Labute approximate surface area is 172 Å². The Bertz CT molecular complexity index is 811. The molecule has 1 aromatic heterocycles. The Hall–Kier alpha value is -2.93. The third kappa shape index (κ3) is 5.12. The molecule has 0 aliphatic carbocycles. The maximum absolute atomic E-state index is 10.9. The van der Waals surface area contributed by atoms with Crippen molar-refractivity contribution in [2.45, 2.75) is 0 Å². The van der Waals surface area contributed by atoms with Gasteiger partial charge in [-0.3, -0.25) is 9.69 Å². The van der Waals surface area contributed by atoms with Gasteiger partial charge >= 0.3 is 0 Å². The second kappa shape index (κ2) is 9.52. The summed E-state index contributed by atoms with van der Waals surface area (Å²) in [4.78, 5) is 28.9. The molecule has 0 atom stereocenters. The average molecular weight is 393 g/mol. The molecule has 2 aromatic rings. The van der Waals surface area contributed by atoms with E-state index in [1.165, 1.54) is 5.56 Å². The third-order valence-corrected chi connectivity index (χ3v) is 5.54. The van der Waals surface area contributed by atoms with E-state index in [0.29, 0.717) is 0 Å². The lowest BCUT2D eigenvalue weighted by Gasteiger charge is -2.36. The van der Waals surface area contributed by atoms with E-state index in [-0.39, 0.29) is 0 Å². The molecule has 0 N–H and O–H groups in total. The fourth-order valence-corrected chi connectivity index (χ4v) is 3.76. The van der Waals surface area contributed by atoms with Crippen LogP contribution in [0, 0.1) is 0 Å². The van der Waals surface area contributed by atoms with Crippen LogP contribution in [0.1, 0.15) is 5.56 Å². The monoisotopic (exact) mass is 392 g/mol. The van der Waals surface area contributed by atoms with Crippen LogP contribution in [0.2, 0.25) is 0 Å². The van der Waals surface area contributed by atoms with Gasteiger partial charge in [0.1, 0.15) is 5.82 Å². The van der Waals surface area contributed by atoms with E-state index in [0.717, 1.165) is 77.1 Å². The second-order valence-corrected chi connectivity index (χ2v) is 7.44. The molecule has 152 valence electrons. The predicted molar refractivity (Wildman–Crippen MR) is 116 cm³/mol. The second-order valence-electron chi connectivity index (χ2n) is 7.44. The van der Waals surface area contributed by atoms with Crippen molar-refractivity contribution in [2.24, 2.45) is 0 Å². The van der Waals surface area contributed by atoms with Crippen molar-refractivity contribution >= 4 is 24.3 Å². The molecule has 2 aliphatic rings. The molecular weight excluding hydrogens is 364 g/mol. The summed E-state index contributed by atoms with van der Waals surface area (Å²) in [6.07, 6.45) is 7.20. The predicted octanol–water partition coefficient (Wildman–Crippen LogP) is 1.59. The van der Waals surface area contributed by atoms with Crippen molar-refractivity contribution in [3.63, 3.8) is 0 Å². The van der Waals surface area contributed by atoms with Gasteiger partial charge in [0.25, 0.3) is 0 Å². The highest BCUT2D eigenvalue weighted by Crippen LogP contribution is 2.18. The lowest BCUT2D eigenvalue weighted by atomic mass is 10.2. The summed E-state index contributed by atoms with van der Waals surface area (Å²) in [5.74, 6) is 1.76. The molecule has 0 unspecified atom stereocenters. The first-order chi connectivity index (χ1) is 14.3. The molecule has 29 heavy (non-hydrogen) atoms. The third-order valence-electron chi connectivity index (χ3n) is 5.54. The number of anilines is 2. The molecule has 1 amide bonds. The molecule has 4 rings (SSSR count). The summed E-state index contributed by atoms with van der Waals surface area (Å²) in [6, 6.07) is 12.4. The quantitative estimate of drug-likeness (QED) is 0.696. The van der Waals surface area contributed by atoms with Crippen LogP contribution in [0.4, 0.5) is 11.8 Å². The lowest BCUT2D eigenvalue weighted by Crippen LogP contribution is -2.47. The number of carbonyl (C=O) groups is 1. The summed E-state index contributed by atoms with van der Waals surface area (Å²) < 4.78 is 0. The van der Waals surface area contributed by atoms with Crippen LogP contribution in [0.3, 0.4) is 0 Å². The Kier molecular flexibility index (Phi) is 6.36. The number of rotatable bonds is 6. The highest BCUT2D eigenvalue weighted by atomic mass is 16.1. The molecule has 0 bridgehead atoms. The summed E-state index contributed by atoms with van der Waals surface area (Å²) >= 11 is 0. The first-order valence-corrected chi connectivity index (χ1v) is 10.3. The van der Waals surface area contributed by atoms with E-state index in [4.69, 9.17) is 4.98 Å². The zero-order chi connectivity index (χ0) is 19.9. The van der Waals surface area contributed by atoms with Crippen LogP contribution in [0.15, 0.2) is 48.7 Å². The van der Waals surface area contributed by atoms with Gasteiger partial charge in [-0.25, -0.2) is 4.98 Å². The van der Waals surface area contributed by atoms with E-state index < -0.39 is 0 Å². The standard InChI is InChI=1S/C22H28N6O/c29-19-26-13-17-28(18-14-26)22-23-9-8-21(24-22)27-15-11-25(12-16-27)10-4-7-20-5-2-1-3-6-20/h1-9,19H,10-18H2/b7-4+. The van der Waals surface area contributed by atoms with E-state index in [9.17, 15) is 4.79 Å². The molecule has 0 radical (unpaired) electrons. The Balaban J connectivity index is 1.28. The normalized spacial score (nSPS) is 18.4. The van der Waals surface area contributed by atoms with Gasteiger partial charge in [0.2, 0.25) is 12.4 Å². The molecule has 2 saturated heterocycles. The molecular formula is C22H28N6O. The highest BCUT2D eigenvalue weighted by Gasteiger charge is 2.21. The zero-order valence-corrected chi connectivity index (χ0v) is 16.7. The Morgan fingerprint density at radius 1 is 0.862 bits per heavy atom. The van der Waals surface area contributed by atoms with E-state index in [2.05, 4.69) is 56.1 Å². The number of hydrogen-bond acceptors (Lipinski definition) is 6. The number of amides is 1. The molecule has 0 spiro atoms. The largest absolute Gasteiger partial charge is 0.354 e. The van der Waals surface area contributed by atoms with Gasteiger partial charge in [-0.05, 0) is 11.6 Å². The minimum absolute atomic E-state index is 0.728. The number of benzene rings is 1. The zero-order valence-electron chi connectivity index (χ0n) is 16.7. The van der Waals surface area contributed by atoms with Crippen molar-refractivity contribution in [2.75, 3.05) is 68.7 Å². The van der Waals surface area contributed by atoms with Gasteiger partial charge in [-0.2, -0.15) is 4.98 Å². The summed E-state index contributed by atoms with van der Waals surface area (Å²) in [6.45, 7) is 7.97. The Morgan fingerprint density at radius 2 is 1.59 bits per heavy atom. The maximum Gasteiger partial charge on any atom is 0.227 e. The minimum atomic E-state index is 0.728. The van der Waals surface area contributed by atoms with Gasteiger partial charge in [-0.1, -0.05) is 42.5 Å². The Morgan fingerprint density at radius 3 is 2.31 bits per heavy atom. The number of piperazine rings is 2. The van der Waals surface area contributed by atoms with E-state index >= 15 is 0 Å². The summed E-state index contributed by atoms with van der Waals surface area (Å²) in [5, 5.41) is 0. The smallest absolute Gasteiger partial charge is 0.227 e. The summed E-state index contributed by atoms with van der Waals surface area (Å²) in [7, 11) is 0. The van der Waals surface area contributed by atoms with Crippen molar-refractivity contribution < 1.29 is 4.79 Å². The first kappa shape index (κ1) is 19.4. The van der Waals surface area contributed by atoms with Crippen molar-refractivity contribution in [3.8, 4) is 0 Å². The molecule has 7 heteroatoms. The number of hydrogen-bond donors (Lipinski definition) is 0. The average Bonchev–Trinajstić information content (AvgIpc) is 2.80. The summed E-state index contributed by atoms with van der Waals surface area (Å²) in [5.41, 5.74) is 1.24. The number of nitrogens with zero attached hydrogens (tertiary/aromatic N) is 6. The molecule has 2 aliphatic heterocycles. The van der Waals surface area contributed by atoms with Crippen LogP contribution in [0.25, 0.3) is 6.08 Å². The van der Waals surface area contributed by atoms with E-state index in [1.807, 2.05) is 18.3 Å². The molecule has 7 nitrogen and oxygen atoms in total.